The molecule has 0 spiro atoms. The molecule has 0 radical (unpaired) electrons. The highest BCUT2D eigenvalue weighted by molar-refractivity contribution is 5.79. The Labute approximate surface area is 189 Å². The molecule has 6 heteroatoms. The average molecular weight is 437 g/mol. The molecule has 2 amide bonds. The Morgan fingerprint density at radius 1 is 1.06 bits per heavy atom. The van der Waals surface area contributed by atoms with Crippen LogP contribution < -0.4 is 10.1 Å². The molecule has 0 saturated carbocycles. The topological polar surface area (TPSA) is 67.9 Å². The van der Waals surface area contributed by atoms with Gasteiger partial charge in [0.1, 0.15) is 12.4 Å². The predicted molar refractivity (Wildman–Crippen MR) is 123 cm³/mol. The maximum absolute atomic E-state index is 12.6. The summed E-state index contributed by atoms with van der Waals surface area (Å²) < 4.78 is 10.8. The summed E-state index contributed by atoms with van der Waals surface area (Å²) in [5.74, 6) is 1.44. The summed E-state index contributed by atoms with van der Waals surface area (Å²) in [5.41, 5.74) is 3.73. The number of aryl methyl sites for hydroxylation is 1. The van der Waals surface area contributed by atoms with Crippen LogP contribution in [0.15, 0.2) is 48.5 Å². The normalized spacial score (nSPS) is 18.2. The summed E-state index contributed by atoms with van der Waals surface area (Å²) in [7, 11) is 1.69. The van der Waals surface area contributed by atoms with Crippen molar-refractivity contribution >= 4 is 12.0 Å². The van der Waals surface area contributed by atoms with Crippen molar-refractivity contribution in [2.75, 3.05) is 26.7 Å². The van der Waals surface area contributed by atoms with Gasteiger partial charge in [-0.2, -0.15) is 0 Å². The molecular formula is C26H32N2O4. The molecule has 1 heterocycles. The molecule has 170 valence electrons. The average Bonchev–Trinajstić information content (AvgIpc) is 3.25. The van der Waals surface area contributed by atoms with Crippen LogP contribution in [0.5, 0.6) is 5.75 Å². The molecule has 0 aromatic heterocycles. The van der Waals surface area contributed by atoms with Gasteiger partial charge in [-0.25, -0.2) is 4.79 Å². The number of hydrogen-bond acceptors (Lipinski definition) is 4. The van der Waals surface area contributed by atoms with Gasteiger partial charge in [0.2, 0.25) is 5.91 Å². The van der Waals surface area contributed by atoms with Crippen molar-refractivity contribution in [3.63, 3.8) is 0 Å². The minimum Gasteiger partial charge on any atom is -0.497 e. The number of carbonyl (C=O) groups excluding carboxylic acids is 2. The molecule has 2 aromatic carbocycles. The van der Waals surface area contributed by atoms with Gasteiger partial charge in [-0.05, 0) is 66.8 Å². The summed E-state index contributed by atoms with van der Waals surface area (Å²) in [6.07, 6.45) is 4.21. The number of hydrogen-bond donors (Lipinski definition) is 1. The largest absolute Gasteiger partial charge is 0.497 e. The zero-order valence-electron chi connectivity index (χ0n) is 18.7. The summed E-state index contributed by atoms with van der Waals surface area (Å²) in [6, 6.07) is 16.0. The van der Waals surface area contributed by atoms with Crippen molar-refractivity contribution in [1.29, 1.82) is 0 Å². The second-order valence-corrected chi connectivity index (χ2v) is 8.68. The molecular weight excluding hydrogens is 404 g/mol. The monoisotopic (exact) mass is 436 g/mol. The third-order valence-corrected chi connectivity index (χ3v) is 6.68. The fourth-order valence-electron chi connectivity index (χ4n) is 4.74. The number of likely N-dealkylation sites (tertiary alicyclic amines) is 1. The van der Waals surface area contributed by atoms with E-state index in [1.165, 1.54) is 11.1 Å². The number of ether oxygens (including phenoxy) is 2. The number of methoxy groups -OCH3 is 1. The van der Waals surface area contributed by atoms with E-state index in [0.717, 1.165) is 30.6 Å². The van der Waals surface area contributed by atoms with Crippen LogP contribution in [-0.4, -0.2) is 43.6 Å². The molecule has 1 unspecified atom stereocenters. The Kier molecular flexibility index (Phi) is 7.30. The first-order valence-corrected chi connectivity index (χ1v) is 11.5. The number of fused-ring (bicyclic) bond motifs is 1. The van der Waals surface area contributed by atoms with E-state index in [-0.39, 0.29) is 24.5 Å². The minimum atomic E-state index is -0.303. The summed E-state index contributed by atoms with van der Waals surface area (Å²) >= 11 is 0. The van der Waals surface area contributed by atoms with Crippen LogP contribution in [0.25, 0.3) is 0 Å². The number of nitrogens with one attached hydrogen (secondary N) is 1. The number of piperidine rings is 1. The van der Waals surface area contributed by atoms with Gasteiger partial charge in [-0.3, -0.25) is 4.79 Å². The van der Waals surface area contributed by atoms with Crippen molar-refractivity contribution in [2.24, 2.45) is 5.92 Å². The van der Waals surface area contributed by atoms with Crippen molar-refractivity contribution in [1.82, 2.24) is 10.2 Å². The molecule has 1 aliphatic carbocycles. The van der Waals surface area contributed by atoms with Gasteiger partial charge in [-0.1, -0.05) is 36.4 Å². The second-order valence-electron chi connectivity index (χ2n) is 8.68. The molecule has 6 nitrogen and oxygen atoms in total. The van der Waals surface area contributed by atoms with E-state index in [0.29, 0.717) is 38.4 Å². The van der Waals surface area contributed by atoms with Gasteiger partial charge >= 0.3 is 6.09 Å². The third-order valence-electron chi connectivity index (χ3n) is 6.68. The SMILES string of the molecule is COc1ccc2c(c1)C(CCNC(=O)C1CCN(C(=O)OCc3ccccc3)CC1)CC2. The van der Waals surface area contributed by atoms with Gasteiger partial charge in [0.25, 0.3) is 0 Å². The van der Waals surface area contributed by atoms with Gasteiger partial charge in [0, 0.05) is 25.6 Å². The zero-order valence-corrected chi connectivity index (χ0v) is 18.7. The molecule has 1 aliphatic heterocycles. The van der Waals surface area contributed by atoms with Crippen molar-refractivity contribution in [2.45, 2.75) is 44.6 Å². The Morgan fingerprint density at radius 3 is 2.59 bits per heavy atom. The number of carbonyl (C=O) groups is 2. The first-order chi connectivity index (χ1) is 15.6. The van der Waals surface area contributed by atoms with Crippen molar-refractivity contribution in [3.05, 3.63) is 65.2 Å². The Hall–Kier alpha value is -3.02. The van der Waals surface area contributed by atoms with E-state index < -0.39 is 0 Å². The number of benzene rings is 2. The van der Waals surface area contributed by atoms with Crippen LogP contribution >= 0.6 is 0 Å². The smallest absolute Gasteiger partial charge is 0.410 e. The molecule has 32 heavy (non-hydrogen) atoms. The summed E-state index contributed by atoms with van der Waals surface area (Å²) in [5, 5.41) is 3.12. The number of nitrogens with zero attached hydrogens (tertiary/aromatic N) is 1. The molecule has 1 fully saturated rings. The third kappa shape index (κ3) is 5.42. The van der Waals surface area contributed by atoms with Gasteiger partial charge in [-0.15, -0.1) is 0 Å². The fourth-order valence-corrected chi connectivity index (χ4v) is 4.74. The molecule has 2 aliphatic rings. The van der Waals surface area contributed by atoms with E-state index >= 15 is 0 Å². The predicted octanol–water partition coefficient (Wildman–Crippen LogP) is 4.28. The minimum absolute atomic E-state index is 0.0378. The Balaban J connectivity index is 1.17. The van der Waals surface area contributed by atoms with E-state index in [9.17, 15) is 9.59 Å². The van der Waals surface area contributed by atoms with Crippen LogP contribution in [0, 0.1) is 5.92 Å². The summed E-state index contributed by atoms with van der Waals surface area (Å²) in [6.45, 7) is 2.07. The lowest BCUT2D eigenvalue weighted by Crippen LogP contribution is -2.43. The lowest BCUT2D eigenvalue weighted by atomic mass is 9.95. The number of amides is 2. The quantitative estimate of drug-likeness (QED) is 0.704. The van der Waals surface area contributed by atoms with Crippen molar-refractivity contribution < 1.29 is 19.1 Å². The molecule has 1 saturated heterocycles. The molecule has 2 aromatic rings. The highest BCUT2D eigenvalue weighted by atomic mass is 16.6. The van der Waals surface area contributed by atoms with Crippen LogP contribution in [0.4, 0.5) is 4.79 Å². The fraction of sp³-hybridized carbons (Fsp3) is 0.462. The van der Waals surface area contributed by atoms with Gasteiger partial charge in [0.15, 0.2) is 0 Å². The first-order valence-electron chi connectivity index (χ1n) is 11.5. The van der Waals surface area contributed by atoms with E-state index in [1.54, 1.807) is 12.0 Å². The second kappa shape index (κ2) is 10.5. The van der Waals surface area contributed by atoms with Crippen LogP contribution in [0.2, 0.25) is 0 Å². The standard InChI is InChI=1S/C26H32N2O4/c1-31-23-10-9-20-7-8-21(24(20)17-23)11-14-27-25(29)22-12-15-28(16-13-22)26(30)32-18-19-5-3-2-4-6-19/h2-6,9-10,17,21-22H,7-8,11-16,18H2,1H3,(H,27,29). The maximum atomic E-state index is 12.6. The van der Waals surface area contributed by atoms with E-state index in [2.05, 4.69) is 17.4 Å². The van der Waals surface area contributed by atoms with Crippen molar-refractivity contribution in [3.8, 4) is 5.75 Å². The molecule has 1 atom stereocenters. The Morgan fingerprint density at radius 2 is 1.84 bits per heavy atom. The lowest BCUT2D eigenvalue weighted by molar-refractivity contribution is -0.126. The number of rotatable bonds is 7. The van der Waals surface area contributed by atoms with Crippen LogP contribution in [-0.2, 0) is 22.6 Å². The highest BCUT2D eigenvalue weighted by Crippen LogP contribution is 2.37. The van der Waals surface area contributed by atoms with Crippen LogP contribution in [0.1, 0.15) is 48.3 Å². The maximum Gasteiger partial charge on any atom is 0.410 e. The Bertz CT molecular complexity index is 923. The summed E-state index contributed by atoms with van der Waals surface area (Å²) in [4.78, 5) is 26.7. The molecule has 0 bridgehead atoms. The zero-order chi connectivity index (χ0) is 22.3. The first kappa shape index (κ1) is 22.2. The van der Waals surface area contributed by atoms with Crippen LogP contribution in [0.3, 0.4) is 0 Å². The highest BCUT2D eigenvalue weighted by Gasteiger charge is 2.28. The van der Waals surface area contributed by atoms with Gasteiger partial charge in [0.05, 0.1) is 7.11 Å². The lowest BCUT2D eigenvalue weighted by Gasteiger charge is -2.30. The molecule has 4 rings (SSSR count). The van der Waals surface area contributed by atoms with E-state index in [4.69, 9.17) is 9.47 Å². The van der Waals surface area contributed by atoms with E-state index in [1.807, 2.05) is 36.4 Å². The molecule has 1 N–H and O–H groups in total. The van der Waals surface area contributed by atoms with Gasteiger partial charge < -0.3 is 19.7 Å².